The van der Waals surface area contributed by atoms with Crippen molar-refractivity contribution >= 4 is 0 Å². The van der Waals surface area contributed by atoms with Crippen LogP contribution in [-0.2, 0) is 0 Å². The van der Waals surface area contributed by atoms with Gasteiger partial charge in [0.2, 0.25) is 0 Å². The smallest absolute Gasteiger partial charge is 0.0664 e. The van der Waals surface area contributed by atoms with Crippen molar-refractivity contribution < 1.29 is 5.11 Å². The van der Waals surface area contributed by atoms with Gasteiger partial charge in [0.1, 0.15) is 0 Å². The van der Waals surface area contributed by atoms with Crippen molar-refractivity contribution in [2.45, 2.75) is 39.0 Å². The number of piperazine rings is 1. The molecule has 1 N–H and O–H groups in total. The molecule has 1 fully saturated rings. The van der Waals surface area contributed by atoms with Crippen LogP contribution in [0.3, 0.4) is 0 Å². The summed E-state index contributed by atoms with van der Waals surface area (Å²) in [4.78, 5) is 4.74. The van der Waals surface area contributed by atoms with Crippen molar-refractivity contribution in [3.8, 4) is 0 Å². The Hall–Kier alpha value is -0.120. The molecule has 1 aliphatic rings. The molecule has 3 atom stereocenters. The van der Waals surface area contributed by atoms with E-state index in [0.29, 0.717) is 6.04 Å². The average molecular weight is 186 g/mol. The second kappa shape index (κ2) is 4.40. The van der Waals surface area contributed by atoms with Crippen LogP contribution < -0.4 is 0 Å². The van der Waals surface area contributed by atoms with Gasteiger partial charge in [-0.05, 0) is 27.8 Å². The summed E-state index contributed by atoms with van der Waals surface area (Å²) in [6.07, 6.45) is -0.226. The average Bonchev–Trinajstić information content (AvgIpc) is 2.08. The molecule has 1 rings (SSSR count). The Morgan fingerprint density at radius 1 is 1.31 bits per heavy atom. The summed E-state index contributed by atoms with van der Waals surface area (Å²) >= 11 is 0. The van der Waals surface area contributed by atoms with E-state index < -0.39 is 0 Å². The summed E-state index contributed by atoms with van der Waals surface area (Å²) in [6, 6.07) is 0.895. The first-order chi connectivity index (χ1) is 6.02. The highest BCUT2D eigenvalue weighted by atomic mass is 16.3. The minimum absolute atomic E-state index is 0.226. The Morgan fingerprint density at radius 2 is 1.92 bits per heavy atom. The minimum atomic E-state index is -0.226. The molecule has 0 aromatic heterocycles. The fraction of sp³-hybridized carbons (Fsp3) is 1.00. The number of aliphatic hydroxyl groups excluding tert-OH is 1. The fourth-order valence-corrected chi connectivity index (χ4v) is 1.75. The molecule has 3 heteroatoms. The van der Waals surface area contributed by atoms with Gasteiger partial charge in [0, 0.05) is 31.7 Å². The van der Waals surface area contributed by atoms with Crippen LogP contribution in [-0.4, -0.2) is 59.8 Å². The highest BCUT2D eigenvalue weighted by Gasteiger charge is 2.25. The zero-order valence-corrected chi connectivity index (χ0v) is 9.20. The maximum absolute atomic E-state index is 9.47. The standard InChI is InChI=1S/C10H22N2O/c1-8-7-12(6-5-11(8)4)9(2)10(3)13/h8-10,13H,5-7H2,1-4H3. The van der Waals surface area contributed by atoms with Gasteiger partial charge in [-0.3, -0.25) is 4.90 Å². The third kappa shape index (κ3) is 2.66. The zero-order valence-electron chi connectivity index (χ0n) is 9.20. The van der Waals surface area contributed by atoms with Crippen LogP contribution in [0, 0.1) is 0 Å². The number of nitrogens with zero attached hydrogens (tertiary/aromatic N) is 2. The fourth-order valence-electron chi connectivity index (χ4n) is 1.75. The first kappa shape index (κ1) is 11.0. The maximum Gasteiger partial charge on any atom is 0.0664 e. The van der Waals surface area contributed by atoms with Crippen molar-refractivity contribution in [1.82, 2.24) is 9.80 Å². The monoisotopic (exact) mass is 186 g/mol. The molecular weight excluding hydrogens is 164 g/mol. The normalized spacial score (nSPS) is 31.6. The molecule has 1 heterocycles. The van der Waals surface area contributed by atoms with E-state index in [1.54, 1.807) is 0 Å². The Morgan fingerprint density at radius 3 is 2.38 bits per heavy atom. The van der Waals surface area contributed by atoms with Crippen molar-refractivity contribution in [1.29, 1.82) is 0 Å². The van der Waals surface area contributed by atoms with E-state index in [1.807, 2.05) is 6.92 Å². The third-order valence-corrected chi connectivity index (χ3v) is 3.27. The molecule has 3 nitrogen and oxygen atoms in total. The summed E-state index contributed by atoms with van der Waals surface area (Å²) in [6.45, 7) is 9.46. The quantitative estimate of drug-likeness (QED) is 0.676. The van der Waals surface area contributed by atoms with Gasteiger partial charge in [-0.1, -0.05) is 0 Å². The molecule has 0 bridgehead atoms. The maximum atomic E-state index is 9.47. The van der Waals surface area contributed by atoms with Crippen LogP contribution in [0.1, 0.15) is 20.8 Å². The Bertz CT molecular complexity index is 161. The molecule has 3 unspecified atom stereocenters. The van der Waals surface area contributed by atoms with E-state index in [1.165, 1.54) is 0 Å². The molecular formula is C10H22N2O. The van der Waals surface area contributed by atoms with E-state index in [2.05, 4.69) is 30.7 Å². The SMILES string of the molecule is CC(O)C(C)N1CCN(C)C(C)C1. The Labute approximate surface area is 81.3 Å². The van der Waals surface area contributed by atoms with Gasteiger partial charge in [-0.2, -0.15) is 0 Å². The van der Waals surface area contributed by atoms with Gasteiger partial charge < -0.3 is 10.0 Å². The number of rotatable bonds is 2. The van der Waals surface area contributed by atoms with Gasteiger partial charge in [0.05, 0.1) is 6.10 Å². The third-order valence-electron chi connectivity index (χ3n) is 3.27. The molecule has 78 valence electrons. The predicted octanol–water partition coefficient (Wildman–Crippen LogP) is 0.392. The van der Waals surface area contributed by atoms with Crippen LogP contribution >= 0.6 is 0 Å². The summed E-state index contributed by atoms with van der Waals surface area (Å²) in [5.74, 6) is 0. The molecule has 13 heavy (non-hydrogen) atoms. The Balaban J connectivity index is 2.45. The molecule has 0 radical (unpaired) electrons. The van der Waals surface area contributed by atoms with Gasteiger partial charge in [-0.25, -0.2) is 0 Å². The highest BCUT2D eigenvalue weighted by Crippen LogP contribution is 2.12. The summed E-state index contributed by atoms with van der Waals surface area (Å²) in [7, 11) is 2.16. The molecule has 0 aliphatic carbocycles. The summed E-state index contributed by atoms with van der Waals surface area (Å²) in [5.41, 5.74) is 0. The molecule has 0 aromatic carbocycles. The lowest BCUT2D eigenvalue weighted by Gasteiger charge is -2.41. The molecule has 1 saturated heterocycles. The zero-order chi connectivity index (χ0) is 10.0. The van der Waals surface area contributed by atoms with Crippen molar-refractivity contribution in [2.24, 2.45) is 0 Å². The van der Waals surface area contributed by atoms with Crippen LogP contribution in [0.15, 0.2) is 0 Å². The van der Waals surface area contributed by atoms with Gasteiger partial charge in [-0.15, -0.1) is 0 Å². The second-order valence-electron chi connectivity index (χ2n) is 4.31. The lowest BCUT2D eigenvalue weighted by atomic mass is 10.1. The van der Waals surface area contributed by atoms with Gasteiger partial charge in [0.25, 0.3) is 0 Å². The van der Waals surface area contributed by atoms with Crippen LogP contribution in [0.4, 0.5) is 0 Å². The van der Waals surface area contributed by atoms with E-state index in [0.717, 1.165) is 19.6 Å². The minimum Gasteiger partial charge on any atom is -0.392 e. The van der Waals surface area contributed by atoms with Crippen molar-refractivity contribution in [2.75, 3.05) is 26.7 Å². The lowest BCUT2D eigenvalue weighted by Crippen LogP contribution is -2.54. The molecule has 0 saturated carbocycles. The highest BCUT2D eigenvalue weighted by molar-refractivity contribution is 4.81. The summed E-state index contributed by atoms with van der Waals surface area (Å²) < 4.78 is 0. The number of likely N-dealkylation sites (N-methyl/N-ethyl adjacent to an activating group) is 1. The Kier molecular flexibility index (Phi) is 3.71. The van der Waals surface area contributed by atoms with Crippen molar-refractivity contribution in [3.05, 3.63) is 0 Å². The van der Waals surface area contributed by atoms with E-state index in [-0.39, 0.29) is 12.1 Å². The first-order valence-electron chi connectivity index (χ1n) is 5.14. The van der Waals surface area contributed by atoms with E-state index in [4.69, 9.17) is 0 Å². The van der Waals surface area contributed by atoms with Crippen molar-refractivity contribution in [3.63, 3.8) is 0 Å². The van der Waals surface area contributed by atoms with E-state index >= 15 is 0 Å². The molecule has 1 aliphatic heterocycles. The number of hydrogen-bond donors (Lipinski definition) is 1. The largest absolute Gasteiger partial charge is 0.392 e. The molecule has 0 amide bonds. The second-order valence-corrected chi connectivity index (χ2v) is 4.31. The van der Waals surface area contributed by atoms with Crippen LogP contribution in [0.5, 0.6) is 0 Å². The van der Waals surface area contributed by atoms with Gasteiger partial charge in [0.15, 0.2) is 0 Å². The molecule has 0 spiro atoms. The molecule has 0 aromatic rings. The van der Waals surface area contributed by atoms with Gasteiger partial charge >= 0.3 is 0 Å². The van der Waals surface area contributed by atoms with E-state index in [9.17, 15) is 5.11 Å². The number of hydrogen-bond acceptors (Lipinski definition) is 3. The van der Waals surface area contributed by atoms with Crippen LogP contribution in [0.2, 0.25) is 0 Å². The predicted molar refractivity (Wildman–Crippen MR) is 54.8 cm³/mol. The summed E-state index contributed by atoms with van der Waals surface area (Å²) in [5, 5.41) is 9.47. The lowest BCUT2D eigenvalue weighted by molar-refractivity contribution is 0.0219. The van der Waals surface area contributed by atoms with Crippen LogP contribution in [0.25, 0.3) is 0 Å². The topological polar surface area (TPSA) is 26.7 Å². The first-order valence-corrected chi connectivity index (χ1v) is 5.14. The number of aliphatic hydroxyl groups is 1.